The second-order valence-electron chi connectivity index (χ2n) is 6.26. The van der Waals surface area contributed by atoms with Crippen LogP contribution >= 0.6 is 0 Å². The first-order valence-corrected chi connectivity index (χ1v) is 12.0. The quantitative estimate of drug-likeness (QED) is 0.377. The Morgan fingerprint density at radius 3 is 1.19 bits per heavy atom. The maximum absolute atomic E-state index is 2.46. The zero-order chi connectivity index (χ0) is 17.9. The van der Waals surface area contributed by atoms with Crippen molar-refractivity contribution in [3.05, 3.63) is 97.1 Å². The Hall–Kier alpha value is -2.16. The Morgan fingerprint density at radius 1 is 0.462 bits per heavy atom. The van der Waals surface area contributed by atoms with Crippen LogP contribution in [0.1, 0.15) is 0 Å². The van der Waals surface area contributed by atoms with E-state index >= 15 is 0 Å². The van der Waals surface area contributed by atoms with E-state index in [1.807, 2.05) is 0 Å². The van der Waals surface area contributed by atoms with Crippen LogP contribution in [0.2, 0.25) is 0 Å². The van der Waals surface area contributed by atoms with Gasteiger partial charge in [0, 0.05) is 11.1 Å². The fraction of sp³-hybridized carbons (Fsp3) is 0.0833. The van der Waals surface area contributed by atoms with Crippen LogP contribution in [0, 0.1) is 0 Å². The lowest BCUT2D eigenvalue weighted by Gasteiger charge is -2.02. The van der Waals surface area contributed by atoms with Crippen LogP contribution in [0.5, 0.6) is 0 Å². The molecule has 26 heavy (non-hydrogen) atoms. The van der Waals surface area contributed by atoms with Crippen LogP contribution in [0.4, 0.5) is 0 Å². The van der Waals surface area contributed by atoms with Crippen molar-refractivity contribution in [2.24, 2.45) is 0 Å². The van der Waals surface area contributed by atoms with E-state index < -0.39 is 0 Å². The van der Waals surface area contributed by atoms with E-state index in [1.165, 1.54) is 30.7 Å². The first-order valence-electron chi connectivity index (χ1n) is 8.69. The minimum absolute atomic E-state index is 0.0594. The third kappa shape index (κ3) is 3.27. The fourth-order valence-electron chi connectivity index (χ4n) is 3.26. The average molecular weight is 375 g/mol. The highest BCUT2D eigenvalue weighted by atomic mass is 32.2. The predicted molar refractivity (Wildman–Crippen MR) is 116 cm³/mol. The van der Waals surface area contributed by atoms with E-state index in [0.717, 1.165) is 0 Å². The molecule has 0 aliphatic heterocycles. The molecule has 0 radical (unpaired) electrons. The smallest absolute Gasteiger partial charge is 0.0622 e. The van der Waals surface area contributed by atoms with Crippen LogP contribution in [-0.4, -0.2) is 12.5 Å². The molecule has 0 fully saturated rings. The summed E-state index contributed by atoms with van der Waals surface area (Å²) in [6.45, 7) is 0. The maximum Gasteiger partial charge on any atom is 0.173 e. The molecule has 0 bridgehead atoms. The van der Waals surface area contributed by atoms with Crippen molar-refractivity contribution in [3.63, 3.8) is 0 Å². The van der Waals surface area contributed by atoms with Crippen LogP contribution in [0.25, 0.3) is 11.1 Å². The van der Waals surface area contributed by atoms with Crippen LogP contribution in [0.15, 0.2) is 117 Å². The van der Waals surface area contributed by atoms with Crippen molar-refractivity contribution < 1.29 is 0 Å². The molecule has 2 atom stereocenters. The molecule has 0 saturated carbocycles. The largest absolute Gasteiger partial charge is 0.173 e. The number of hydrogen-bond donors (Lipinski definition) is 0. The Labute approximate surface area is 161 Å². The summed E-state index contributed by atoms with van der Waals surface area (Å²) in [6.07, 6.45) is 4.69. The van der Waals surface area contributed by atoms with Gasteiger partial charge in [-0.3, -0.25) is 0 Å². The molecule has 0 N–H and O–H groups in total. The van der Waals surface area contributed by atoms with E-state index in [4.69, 9.17) is 0 Å². The molecular weight excluding hydrogens is 352 g/mol. The Balaban J connectivity index is 1.85. The summed E-state index contributed by atoms with van der Waals surface area (Å²) < 4.78 is 0. The van der Waals surface area contributed by atoms with Gasteiger partial charge in [-0.05, 0) is 36.4 Å². The van der Waals surface area contributed by atoms with Gasteiger partial charge in [0.25, 0.3) is 0 Å². The van der Waals surface area contributed by atoms with E-state index in [1.54, 1.807) is 0 Å². The van der Waals surface area contributed by atoms with Crippen LogP contribution in [0.3, 0.4) is 0 Å². The summed E-state index contributed by atoms with van der Waals surface area (Å²) in [5.74, 6) is 0. The summed E-state index contributed by atoms with van der Waals surface area (Å²) in [5.41, 5.74) is 2.77. The number of fused-ring (bicyclic) bond motifs is 1. The molecule has 2 heteroatoms. The minimum atomic E-state index is 0.0594. The van der Waals surface area contributed by atoms with Crippen molar-refractivity contribution in [1.29, 1.82) is 0 Å². The van der Waals surface area contributed by atoms with Gasteiger partial charge in [0.05, 0.1) is 27.9 Å². The standard InChI is InChI=1S/C24H22S2/c1-25(19-12-6-3-7-13-19)23-18-24(22-17-11-5-10-16-21(22)23)26(2)20-14-8-4-9-15-20/h3-18H,1-2H3/q+2. The van der Waals surface area contributed by atoms with Crippen molar-refractivity contribution in [1.82, 2.24) is 0 Å². The van der Waals surface area contributed by atoms with E-state index in [0.29, 0.717) is 0 Å². The molecule has 0 spiro atoms. The van der Waals surface area contributed by atoms with Gasteiger partial charge in [-0.15, -0.1) is 0 Å². The number of rotatable bonds is 4. The molecule has 0 saturated heterocycles. The second-order valence-corrected chi connectivity index (χ2v) is 10.1. The monoisotopic (exact) mass is 374 g/mol. The van der Waals surface area contributed by atoms with Gasteiger partial charge >= 0.3 is 0 Å². The van der Waals surface area contributed by atoms with E-state index in [9.17, 15) is 0 Å². The van der Waals surface area contributed by atoms with Crippen molar-refractivity contribution in [3.8, 4) is 11.1 Å². The minimum Gasteiger partial charge on any atom is -0.0622 e. The lowest BCUT2D eigenvalue weighted by Crippen LogP contribution is -2.00. The van der Waals surface area contributed by atoms with Crippen molar-refractivity contribution in [2.75, 3.05) is 12.5 Å². The molecule has 2 unspecified atom stereocenters. The zero-order valence-electron chi connectivity index (χ0n) is 15.1. The summed E-state index contributed by atoms with van der Waals surface area (Å²) in [6, 6.07) is 35.2. The maximum atomic E-state index is 2.46. The SMILES string of the molecule is C[S+](c1ccccc1)c1cc([S+](C)c2ccccc2)c2cccccc1-2. The molecule has 0 nitrogen and oxygen atoms in total. The molecule has 2 aliphatic rings. The highest BCUT2D eigenvalue weighted by Gasteiger charge is 2.34. The van der Waals surface area contributed by atoms with Crippen molar-refractivity contribution >= 4 is 21.8 Å². The Morgan fingerprint density at radius 2 is 0.808 bits per heavy atom. The van der Waals surface area contributed by atoms with Gasteiger partial charge in [0.1, 0.15) is 12.5 Å². The lowest BCUT2D eigenvalue weighted by molar-refractivity contribution is 1.38. The molecule has 2 aliphatic carbocycles. The highest BCUT2D eigenvalue weighted by Crippen LogP contribution is 2.41. The van der Waals surface area contributed by atoms with Gasteiger partial charge in [-0.1, -0.05) is 54.6 Å². The van der Waals surface area contributed by atoms with Crippen LogP contribution < -0.4 is 0 Å². The fourth-order valence-corrected chi connectivity index (χ4v) is 6.58. The molecule has 0 aromatic heterocycles. The third-order valence-electron chi connectivity index (χ3n) is 4.68. The third-order valence-corrected chi connectivity index (χ3v) is 8.64. The molecular formula is C24H22S2+2. The second kappa shape index (κ2) is 7.61. The lowest BCUT2D eigenvalue weighted by atomic mass is 10.2. The predicted octanol–water partition coefficient (Wildman–Crippen LogP) is 6.12. The van der Waals surface area contributed by atoms with Gasteiger partial charge in [-0.25, -0.2) is 0 Å². The van der Waals surface area contributed by atoms with Gasteiger partial charge in [0.15, 0.2) is 19.6 Å². The summed E-state index contributed by atoms with van der Waals surface area (Å²) >= 11 is 0. The molecule has 0 amide bonds. The summed E-state index contributed by atoms with van der Waals surface area (Å²) in [4.78, 5) is 5.70. The highest BCUT2D eigenvalue weighted by molar-refractivity contribution is 7.97. The Bertz CT molecular complexity index is 886. The first kappa shape index (κ1) is 17.3. The van der Waals surface area contributed by atoms with Gasteiger partial charge < -0.3 is 0 Å². The topological polar surface area (TPSA) is 0 Å². The summed E-state index contributed by atoms with van der Waals surface area (Å²) in [7, 11) is 0.119. The van der Waals surface area contributed by atoms with E-state index in [2.05, 4.69) is 110 Å². The zero-order valence-corrected chi connectivity index (χ0v) is 16.7. The van der Waals surface area contributed by atoms with Crippen molar-refractivity contribution in [2.45, 2.75) is 19.6 Å². The molecule has 0 heterocycles. The number of hydrogen-bond acceptors (Lipinski definition) is 0. The van der Waals surface area contributed by atoms with E-state index in [-0.39, 0.29) is 21.8 Å². The molecule has 2 aromatic carbocycles. The normalized spacial score (nSPS) is 13.5. The van der Waals surface area contributed by atoms with Crippen LogP contribution in [-0.2, 0) is 21.8 Å². The first-order chi connectivity index (χ1) is 12.8. The summed E-state index contributed by atoms with van der Waals surface area (Å²) in [5, 5.41) is 0. The molecule has 2 aromatic rings. The Kier molecular flexibility index (Phi) is 5.05. The van der Waals surface area contributed by atoms with Gasteiger partial charge in [0.2, 0.25) is 0 Å². The molecule has 128 valence electrons. The number of benzene rings is 2. The molecule has 4 rings (SSSR count). The van der Waals surface area contributed by atoms with Gasteiger partial charge in [-0.2, -0.15) is 0 Å². The average Bonchev–Trinajstić information content (AvgIpc) is 2.89.